The Morgan fingerprint density at radius 2 is 1.69 bits per heavy atom. The average molecular weight is 357 g/mol. The molecule has 3 rings (SSSR count). The minimum Gasteiger partial charge on any atom is -0.477 e. The van der Waals surface area contributed by atoms with Crippen LogP contribution in [0.1, 0.15) is 57.2 Å². The van der Waals surface area contributed by atoms with Gasteiger partial charge in [-0.05, 0) is 18.6 Å². The molecule has 8 heteroatoms. The van der Waals surface area contributed by atoms with E-state index in [1.54, 1.807) is 24.3 Å². The third-order valence-electron chi connectivity index (χ3n) is 3.76. The maximum Gasteiger partial charge on any atom is 0.342 e. The van der Waals surface area contributed by atoms with Crippen molar-refractivity contribution in [1.82, 2.24) is 14.9 Å². The number of nitrogens with one attached hydrogen (secondary N) is 1. The number of carbonyl (C=O) groups is 3. The quantitative estimate of drug-likeness (QED) is 0.786. The van der Waals surface area contributed by atoms with E-state index in [0.29, 0.717) is 29.8 Å². The molecule has 0 bridgehead atoms. The summed E-state index contributed by atoms with van der Waals surface area (Å²) >= 11 is 0. The van der Waals surface area contributed by atoms with Crippen LogP contribution >= 0.6 is 0 Å². The highest BCUT2D eigenvalue weighted by Gasteiger charge is 2.34. The van der Waals surface area contributed by atoms with Gasteiger partial charge in [0.2, 0.25) is 0 Å². The normalized spacial score (nSPS) is 12.5. The van der Waals surface area contributed by atoms with Crippen LogP contribution in [0.2, 0.25) is 0 Å². The molecule has 0 atom stereocenters. The number of rotatable bonds is 5. The lowest BCUT2D eigenvalue weighted by Gasteiger charge is -2.13. The summed E-state index contributed by atoms with van der Waals surface area (Å²) < 4.78 is 0. The molecule has 8 nitrogen and oxygen atoms in total. The van der Waals surface area contributed by atoms with Crippen molar-refractivity contribution in [2.24, 2.45) is 0 Å². The molecule has 0 saturated heterocycles. The second-order valence-corrected chi connectivity index (χ2v) is 5.29. The van der Waals surface area contributed by atoms with E-state index in [2.05, 4.69) is 9.97 Å². The van der Waals surface area contributed by atoms with Gasteiger partial charge in [-0.25, -0.2) is 9.78 Å². The SMILES string of the molecule is CC.O=C(O)c1cnc(CCCN2C(=O)c3ccccc3C2=O)[nH]c1=O. The number of benzene rings is 1. The molecule has 1 aliphatic rings. The molecule has 2 heterocycles. The number of carboxylic acid groups (broad SMARTS) is 1. The van der Waals surface area contributed by atoms with E-state index >= 15 is 0 Å². The average Bonchev–Trinajstić information content (AvgIpc) is 2.88. The summed E-state index contributed by atoms with van der Waals surface area (Å²) in [5, 5.41) is 8.78. The summed E-state index contributed by atoms with van der Waals surface area (Å²) in [7, 11) is 0. The van der Waals surface area contributed by atoms with Gasteiger partial charge in [-0.1, -0.05) is 26.0 Å². The van der Waals surface area contributed by atoms with Crippen LogP contribution in [0.4, 0.5) is 0 Å². The van der Waals surface area contributed by atoms with Gasteiger partial charge in [0, 0.05) is 19.2 Å². The Hall–Kier alpha value is -3.29. The lowest BCUT2D eigenvalue weighted by molar-refractivity contribution is 0.0648. The first-order chi connectivity index (χ1) is 12.5. The van der Waals surface area contributed by atoms with Crippen LogP contribution in [0.5, 0.6) is 0 Å². The molecule has 0 radical (unpaired) electrons. The number of carboxylic acids is 1. The van der Waals surface area contributed by atoms with Crippen LogP contribution in [0, 0.1) is 0 Å². The summed E-state index contributed by atoms with van der Waals surface area (Å²) in [6.45, 7) is 4.19. The Morgan fingerprint density at radius 3 is 2.19 bits per heavy atom. The Balaban J connectivity index is 0.00000117. The largest absolute Gasteiger partial charge is 0.477 e. The van der Waals surface area contributed by atoms with E-state index in [1.165, 1.54) is 0 Å². The highest BCUT2D eigenvalue weighted by atomic mass is 16.4. The Morgan fingerprint density at radius 1 is 1.12 bits per heavy atom. The fourth-order valence-electron chi connectivity index (χ4n) is 2.56. The molecule has 0 spiro atoms. The van der Waals surface area contributed by atoms with Gasteiger partial charge in [-0.2, -0.15) is 0 Å². The number of aromatic amines is 1. The third-order valence-corrected chi connectivity index (χ3v) is 3.76. The first-order valence-electron chi connectivity index (χ1n) is 8.25. The van der Waals surface area contributed by atoms with Crippen molar-refractivity contribution in [2.75, 3.05) is 6.54 Å². The summed E-state index contributed by atoms with van der Waals surface area (Å²) in [5.41, 5.74) is -0.382. The molecule has 2 amide bonds. The topological polar surface area (TPSA) is 120 Å². The van der Waals surface area contributed by atoms with Gasteiger partial charge in [-0.15, -0.1) is 0 Å². The minimum absolute atomic E-state index is 0.191. The number of fused-ring (bicyclic) bond motifs is 1. The highest BCUT2D eigenvalue weighted by Crippen LogP contribution is 2.22. The summed E-state index contributed by atoms with van der Waals surface area (Å²) in [6.07, 6.45) is 1.71. The van der Waals surface area contributed by atoms with E-state index in [4.69, 9.17) is 5.11 Å². The van der Waals surface area contributed by atoms with Crippen LogP contribution in [0.3, 0.4) is 0 Å². The zero-order chi connectivity index (χ0) is 19.3. The van der Waals surface area contributed by atoms with Crippen molar-refractivity contribution in [1.29, 1.82) is 0 Å². The van der Waals surface area contributed by atoms with E-state index in [1.807, 2.05) is 13.8 Å². The Kier molecular flexibility index (Phi) is 6.00. The van der Waals surface area contributed by atoms with Gasteiger partial charge in [-0.3, -0.25) is 19.3 Å². The zero-order valence-electron chi connectivity index (χ0n) is 14.5. The molecule has 1 aromatic heterocycles. The van der Waals surface area contributed by atoms with Gasteiger partial charge in [0.15, 0.2) is 0 Å². The Bertz CT molecular complexity index is 869. The van der Waals surface area contributed by atoms with Crippen LogP contribution in [-0.2, 0) is 6.42 Å². The van der Waals surface area contributed by atoms with Gasteiger partial charge < -0.3 is 10.1 Å². The van der Waals surface area contributed by atoms with Gasteiger partial charge in [0.1, 0.15) is 11.4 Å². The van der Waals surface area contributed by atoms with Gasteiger partial charge in [0.05, 0.1) is 11.1 Å². The van der Waals surface area contributed by atoms with E-state index in [9.17, 15) is 19.2 Å². The van der Waals surface area contributed by atoms with Crippen molar-refractivity contribution in [2.45, 2.75) is 26.7 Å². The molecule has 0 aliphatic carbocycles. The molecule has 2 N–H and O–H groups in total. The first-order valence-corrected chi connectivity index (χ1v) is 8.25. The standard InChI is InChI=1S/C16H13N3O5.C2H6/c20-13-11(16(23)24)8-17-12(18-13)6-3-7-19-14(21)9-4-1-2-5-10(9)15(19)22;1-2/h1-2,4-5,8H,3,6-7H2,(H,23,24)(H,17,18,20);1-2H3. The molecule has 26 heavy (non-hydrogen) atoms. The molecule has 136 valence electrons. The predicted octanol–water partition coefficient (Wildman–Crippen LogP) is 1.72. The summed E-state index contributed by atoms with van der Waals surface area (Å²) in [6, 6.07) is 6.62. The number of H-pyrrole nitrogens is 1. The molecule has 1 aromatic carbocycles. The molecule has 0 fully saturated rings. The fourth-order valence-corrected chi connectivity index (χ4v) is 2.56. The lowest BCUT2D eigenvalue weighted by atomic mass is 10.1. The predicted molar refractivity (Wildman–Crippen MR) is 93.3 cm³/mol. The van der Waals surface area contributed by atoms with E-state index in [-0.39, 0.29) is 18.4 Å². The van der Waals surface area contributed by atoms with Crippen LogP contribution in [0.25, 0.3) is 0 Å². The number of hydrogen-bond acceptors (Lipinski definition) is 5. The first kappa shape index (κ1) is 19.0. The zero-order valence-corrected chi connectivity index (χ0v) is 14.5. The lowest BCUT2D eigenvalue weighted by Crippen LogP contribution is -2.31. The minimum atomic E-state index is -1.35. The summed E-state index contributed by atoms with van der Waals surface area (Å²) in [5.74, 6) is -1.71. The van der Waals surface area contributed by atoms with Crippen LogP contribution in [0.15, 0.2) is 35.3 Å². The number of imide groups is 1. The number of hydrogen-bond donors (Lipinski definition) is 2. The van der Waals surface area contributed by atoms with E-state index < -0.39 is 17.1 Å². The number of aryl methyl sites for hydroxylation is 1. The molecule has 0 unspecified atom stereocenters. The molecular formula is C18H19N3O5. The maximum absolute atomic E-state index is 12.2. The van der Waals surface area contributed by atoms with Crippen molar-refractivity contribution >= 4 is 17.8 Å². The molecule has 0 saturated carbocycles. The highest BCUT2D eigenvalue weighted by molar-refractivity contribution is 6.21. The number of carbonyl (C=O) groups excluding carboxylic acids is 2. The number of amides is 2. The number of aromatic nitrogens is 2. The number of aromatic carboxylic acids is 1. The van der Waals surface area contributed by atoms with E-state index in [0.717, 1.165) is 11.1 Å². The molecular weight excluding hydrogens is 338 g/mol. The smallest absolute Gasteiger partial charge is 0.342 e. The second-order valence-electron chi connectivity index (χ2n) is 5.29. The number of nitrogens with zero attached hydrogens (tertiary/aromatic N) is 2. The maximum atomic E-state index is 12.2. The van der Waals surface area contributed by atoms with Gasteiger partial charge in [0.25, 0.3) is 17.4 Å². The fraction of sp³-hybridized carbons (Fsp3) is 0.278. The second kappa shape index (κ2) is 8.19. The third kappa shape index (κ3) is 3.69. The van der Waals surface area contributed by atoms with Crippen LogP contribution < -0.4 is 5.56 Å². The summed E-state index contributed by atoms with van der Waals surface area (Å²) in [4.78, 5) is 54.1. The Labute approximate surface area is 149 Å². The van der Waals surface area contributed by atoms with Crippen molar-refractivity contribution in [3.63, 3.8) is 0 Å². The molecule has 2 aromatic rings. The van der Waals surface area contributed by atoms with Crippen molar-refractivity contribution in [3.05, 3.63) is 63.3 Å². The van der Waals surface area contributed by atoms with Crippen molar-refractivity contribution in [3.8, 4) is 0 Å². The van der Waals surface area contributed by atoms with Gasteiger partial charge >= 0.3 is 5.97 Å². The molecule has 1 aliphatic heterocycles. The monoisotopic (exact) mass is 357 g/mol. The van der Waals surface area contributed by atoms with Crippen molar-refractivity contribution < 1.29 is 19.5 Å². The van der Waals surface area contributed by atoms with Crippen LogP contribution in [-0.4, -0.2) is 44.3 Å².